The lowest BCUT2D eigenvalue weighted by Crippen LogP contribution is -2.51. The minimum Gasteiger partial charge on any atom is -0.490 e. The maximum absolute atomic E-state index is 15.5. The van der Waals surface area contributed by atoms with E-state index in [0.29, 0.717) is 25.0 Å². The molecule has 5 nitrogen and oxygen atoms in total. The van der Waals surface area contributed by atoms with Crippen LogP contribution in [0.15, 0.2) is 30.3 Å². The van der Waals surface area contributed by atoms with E-state index in [9.17, 15) is 4.79 Å². The number of ether oxygens (including phenoxy) is 2. The molecule has 0 spiro atoms. The second kappa shape index (κ2) is 10.0. The van der Waals surface area contributed by atoms with Gasteiger partial charge in [-0.2, -0.15) is 0 Å². The number of nitrogens with one attached hydrogen (secondary N) is 1. The van der Waals surface area contributed by atoms with Crippen LogP contribution in [0.3, 0.4) is 0 Å². The van der Waals surface area contributed by atoms with Crippen LogP contribution in [0.2, 0.25) is 0 Å². The van der Waals surface area contributed by atoms with Gasteiger partial charge in [-0.25, -0.2) is 4.39 Å². The number of rotatable bonds is 8. The fourth-order valence-corrected chi connectivity index (χ4v) is 4.00. The first-order valence-electron chi connectivity index (χ1n) is 10.4. The highest BCUT2D eigenvalue weighted by Gasteiger charge is 2.31. The lowest BCUT2D eigenvalue weighted by molar-refractivity contribution is 0.0568. The van der Waals surface area contributed by atoms with E-state index in [1.165, 1.54) is 0 Å². The summed E-state index contributed by atoms with van der Waals surface area (Å²) in [6.45, 7) is 6.52. The third kappa shape index (κ3) is 4.87. The van der Waals surface area contributed by atoms with Crippen molar-refractivity contribution in [3.8, 4) is 5.75 Å². The van der Waals surface area contributed by atoms with Gasteiger partial charge in [-0.1, -0.05) is 24.3 Å². The van der Waals surface area contributed by atoms with Crippen LogP contribution >= 0.6 is 0 Å². The van der Waals surface area contributed by atoms with Gasteiger partial charge in [0.1, 0.15) is 0 Å². The van der Waals surface area contributed by atoms with Crippen LogP contribution in [0.25, 0.3) is 10.8 Å². The molecule has 29 heavy (non-hydrogen) atoms. The predicted octanol–water partition coefficient (Wildman–Crippen LogP) is 4.00. The zero-order valence-corrected chi connectivity index (χ0v) is 17.5. The fourth-order valence-electron chi connectivity index (χ4n) is 4.00. The number of hydrogen-bond acceptors (Lipinski definition) is 4. The molecule has 1 saturated heterocycles. The Bertz CT molecular complexity index is 834. The number of carbonyl (C=O) groups is 1. The monoisotopic (exact) mass is 402 g/mol. The van der Waals surface area contributed by atoms with Crippen molar-refractivity contribution in [1.29, 1.82) is 0 Å². The van der Waals surface area contributed by atoms with Gasteiger partial charge in [0, 0.05) is 44.2 Å². The standard InChI is InChI=1S/C23H31FN2O3/c1-16(2)26(18-9-6-11-25-15-18)23(27)20-14-17-8-4-5-10-19(17)22(21(20)24)29-13-7-12-28-3/h4-5,8,10,14,16,18,25H,6-7,9,11-13,15H2,1-3H3/t18-/m1/s1. The average Bonchev–Trinajstić information content (AvgIpc) is 2.72. The second-order valence-electron chi connectivity index (χ2n) is 7.79. The van der Waals surface area contributed by atoms with Gasteiger partial charge in [0.15, 0.2) is 11.6 Å². The Kier molecular flexibility index (Phi) is 7.45. The number of methoxy groups -OCH3 is 1. The van der Waals surface area contributed by atoms with Crippen LogP contribution in [0, 0.1) is 5.82 Å². The normalized spacial score (nSPS) is 16.9. The van der Waals surface area contributed by atoms with Gasteiger partial charge in [-0.15, -0.1) is 0 Å². The number of halogens is 1. The van der Waals surface area contributed by atoms with Crippen LogP contribution in [-0.2, 0) is 4.74 Å². The van der Waals surface area contributed by atoms with Crippen molar-refractivity contribution in [3.63, 3.8) is 0 Å². The zero-order chi connectivity index (χ0) is 20.8. The van der Waals surface area contributed by atoms with Crippen molar-refractivity contribution in [2.75, 3.05) is 33.4 Å². The summed E-state index contributed by atoms with van der Waals surface area (Å²) in [4.78, 5) is 15.3. The lowest BCUT2D eigenvalue weighted by atomic mass is 10.00. The van der Waals surface area contributed by atoms with E-state index >= 15 is 4.39 Å². The number of nitrogens with zero attached hydrogens (tertiary/aromatic N) is 1. The van der Waals surface area contributed by atoms with Crippen LogP contribution in [0.5, 0.6) is 5.75 Å². The van der Waals surface area contributed by atoms with Gasteiger partial charge < -0.3 is 19.7 Å². The average molecular weight is 403 g/mol. The molecule has 0 aliphatic carbocycles. The largest absolute Gasteiger partial charge is 0.490 e. The maximum Gasteiger partial charge on any atom is 0.257 e. The van der Waals surface area contributed by atoms with Crippen molar-refractivity contribution in [1.82, 2.24) is 10.2 Å². The predicted molar refractivity (Wildman–Crippen MR) is 113 cm³/mol. The molecule has 158 valence electrons. The summed E-state index contributed by atoms with van der Waals surface area (Å²) < 4.78 is 26.4. The molecule has 3 rings (SSSR count). The molecule has 0 unspecified atom stereocenters. The molecule has 2 aromatic carbocycles. The van der Waals surface area contributed by atoms with E-state index in [2.05, 4.69) is 5.32 Å². The highest BCUT2D eigenvalue weighted by Crippen LogP contribution is 2.33. The summed E-state index contributed by atoms with van der Waals surface area (Å²) in [6.07, 6.45) is 2.58. The van der Waals surface area contributed by atoms with Gasteiger partial charge in [0.05, 0.1) is 12.2 Å². The van der Waals surface area contributed by atoms with Gasteiger partial charge in [0.2, 0.25) is 0 Å². The molecule has 2 aromatic rings. The van der Waals surface area contributed by atoms with Crippen molar-refractivity contribution in [2.24, 2.45) is 0 Å². The van der Waals surface area contributed by atoms with E-state index in [0.717, 1.165) is 31.3 Å². The number of hydrogen-bond donors (Lipinski definition) is 1. The van der Waals surface area contributed by atoms with Crippen molar-refractivity contribution in [3.05, 3.63) is 41.7 Å². The highest BCUT2D eigenvalue weighted by atomic mass is 19.1. The van der Waals surface area contributed by atoms with Crippen molar-refractivity contribution >= 4 is 16.7 Å². The smallest absolute Gasteiger partial charge is 0.257 e. The first-order chi connectivity index (χ1) is 14.0. The molecular weight excluding hydrogens is 371 g/mol. The zero-order valence-electron chi connectivity index (χ0n) is 17.5. The molecule has 1 fully saturated rings. The number of amides is 1. The molecular formula is C23H31FN2O3. The maximum atomic E-state index is 15.5. The van der Waals surface area contributed by atoms with E-state index in [1.807, 2.05) is 43.0 Å². The van der Waals surface area contributed by atoms with Gasteiger partial charge >= 0.3 is 0 Å². The van der Waals surface area contributed by atoms with E-state index in [1.54, 1.807) is 13.2 Å². The molecule has 1 atom stereocenters. The summed E-state index contributed by atoms with van der Waals surface area (Å²) in [5, 5.41) is 4.82. The lowest BCUT2D eigenvalue weighted by Gasteiger charge is -2.37. The third-order valence-corrected chi connectivity index (χ3v) is 5.37. The Hall–Kier alpha value is -2.18. The summed E-state index contributed by atoms with van der Waals surface area (Å²) in [6, 6.07) is 9.13. The van der Waals surface area contributed by atoms with E-state index in [4.69, 9.17) is 9.47 Å². The Morgan fingerprint density at radius 1 is 1.31 bits per heavy atom. The SMILES string of the molecule is COCCCOc1c(F)c(C(=O)N(C(C)C)[C@@H]2CCCNC2)cc2ccccc12. The molecule has 1 aliphatic heterocycles. The Morgan fingerprint density at radius 2 is 2.10 bits per heavy atom. The summed E-state index contributed by atoms with van der Waals surface area (Å²) in [7, 11) is 1.62. The molecule has 0 aromatic heterocycles. The van der Waals surface area contributed by atoms with Crippen LogP contribution < -0.4 is 10.1 Å². The summed E-state index contributed by atoms with van der Waals surface area (Å²) in [5.74, 6) is -0.716. The molecule has 6 heteroatoms. The minimum atomic E-state index is -0.583. The van der Waals surface area contributed by atoms with Crippen LogP contribution in [0.1, 0.15) is 43.5 Å². The van der Waals surface area contributed by atoms with Gasteiger partial charge in [0.25, 0.3) is 5.91 Å². The Balaban J connectivity index is 1.98. The fraction of sp³-hybridized carbons (Fsp3) is 0.522. The summed E-state index contributed by atoms with van der Waals surface area (Å²) in [5.41, 5.74) is 0.0738. The first kappa shape index (κ1) is 21.5. The van der Waals surface area contributed by atoms with Gasteiger partial charge in [-0.3, -0.25) is 4.79 Å². The Labute approximate surface area is 172 Å². The Morgan fingerprint density at radius 3 is 2.79 bits per heavy atom. The van der Waals surface area contributed by atoms with Crippen LogP contribution in [0.4, 0.5) is 4.39 Å². The number of benzene rings is 2. The molecule has 1 N–H and O–H groups in total. The molecule has 1 aliphatic rings. The molecule has 1 heterocycles. The first-order valence-corrected chi connectivity index (χ1v) is 10.4. The summed E-state index contributed by atoms with van der Waals surface area (Å²) >= 11 is 0. The molecule has 0 saturated carbocycles. The number of fused-ring (bicyclic) bond motifs is 1. The van der Waals surface area contributed by atoms with E-state index < -0.39 is 5.82 Å². The highest BCUT2D eigenvalue weighted by molar-refractivity contribution is 6.01. The van der Waals surface area contributed by atoms with E-state index in [-0.39, 0.29) is 29.3 Å². The van der Waals surface area contributed by atoms with Crippen molar-refractivity contribution in [2.45, 2.75) is 45.2 Å². The molecule has 0 bridgehead atoms. The molecule has 1 amide bonds. The minimum absolute atomic E-state index is 0.0238. The van der Waals surface area contributed by atoms with Gasteiger partial charge in [-0.05, 0) is 44.7 Å². The van der Waals surface area contributed by atoms with Crippen LogP contribution in [-0.4, -0.2) is 56.3 Å². The number of piperidine rings is 1. The topological polar surface area (TPSA) is 50.8 Å². The third-order valence-electron chi connectivity index (χ3n) is 5.37. The number of carbonyl (C=O) groups excluding carboxylic acids is 1. The van der Waals surface area contributed by atoms with Crippen molar-refractivity contribution < 1.29 is 18.7 Å². The second-order valence-corrected chi connectivity index (χ2v) is 7.79. The molecule has 0 radical (unpaired) electrons. The quantitative estimate of drug-likeness (QED) is 0.678.